The van der Waals surface area contributed by atoms with Crippen LogP contribution in [-0.4, -0.2) is 22.4 Å². The summed E-state index contributed by atoms with van der Waals surface area (Å²) in [5.74, 6) is -0.276. The summed E-state index contributed by atoms with van der Waals surface area (Å²) in [4.78, 5) is 34.0. The molecule has 0 aliphatic carbocycles. The van der Waals surface area contributed by atoms with Crippen molar-refractivity contribution < 1.29 is 4.79 Å². The maximum Gasteiger partial charge on any atom is 0.282 e. The van der Waals surface area contributed by atoms with Gasteiger partial charge in [0.25, 0.3) is 11.5 Å². The van der Waals surface area contributed by atoms with E-state index in [-0.39, 0.29) is 17.5 Å². The number of H-pyrrole nitrogens is 1. The van der Waals surface area contributed by atoms with Crippen LogP contribution in [-0.2, 0) is 0 Å². The lowest BCUT2D eigenvalue weighted by molar-refractivity contribution is 0.0982. The fourth-order valence-corrected chi connectivity index (χ4v) is 3.46. The third-order valence-electron chi connectivity index (χ3n) is 4.96. The van der Waals surface area contributed by atoms with Gasteiger partial charge in [-0.25, -0.2) is 4.98 Å². The first-order valence-electron chi connectivity index (χ1n) is 8.59. The number of benzene rings is 2. The van der Waals surface area contributed by atoms with Gasteiger partial charge in [0.15, 0.2) is 5.69 Å². The van der Waals surface area contributed by atoms with E-state index in [0.717, 1.165) is 16.8 Å². The van der Waals surface area contributed by atoms with Crippen LogP contribution in [0.4, 0.5) is 5.69 Å². The van der Waals surface area contributed by atoms with Crippen LogP contribution in [0, 0.1) is 13.8 Å². The molecule has 1 aliphatic rings. The number of anilines is 1. The maximum atomic E-state index is 13.1. The lowest BCUT2D eigenvalue weighted by Crippen LogP contribution is -2.35. The minimum Gasteiger partial charge on any atom is -0.323 e. The molecular weight excluding hydrogens is 326 g/mol. The second kappa shape index (κ2) is 6.26. The van der Waals surface area contributed by atoms with E-state index in [1.807, 2.05) is 42.5 Å². The molecule has 1 aromatic heterocycles. The Morgan fingerprint density at radius 1 is 1.08 bits per heavy atom. The van der Waals surface area contributed by atoms with Crippen LogP contribution in [0.3, 0.4) is 0 Å². The average Bonchev–Trinajstić information content (AvgIpc) is 3.05. The van der Waals surface area contributed by atoms with Gasteiger partial charge in [0.1, 0.15) is 0 Å². The van der Waals surface area contributed by atoms with Crippen molar-refractivity contribution in [3.63, 3.8) is 0 Å². The van der Waals surface area contributed by atoms with Crippen molar-refractivity contribution in [1.29, 1.82) is 0 Å². The molecule has 1 aliphatic heterocycles. The summed E-state index contributed by atoms with van der Waals surface area (Å²) >= 11 is 0. The van der Waals surface area contributed by atoms with Crippen LogP contribution in [0.5, 0.6) is 0 Å². The average molecular weight is 345 g/mol. The van der Waals surface area contributed by atoms with Crippen molar-refractivity contribution in [1.82, 2.24) is 9.97 Å². The molecule has 0 spiro atoms. The predicted octanol–water partition coefficient (Wildman–Crippen LogP) is 3.18. The Labute approximate surface area is 151 Å². The number of carbonyl (C=O) groups excluding carboxylic acids is 1. The summed E-state index contributed by atoms with van der Waals surface area (Å²) in [5, 5.41) is 0. The number of aromatic amines is 1. The molecule has 3 aromatic rings. The van der Waals surface area contributed by atoms with Gasteiger partial charge < -0.3 is 9.88 Å². The highest BCUT2D eigenvalue weighted by Crippen LogP contribution is 2.40. The molecule has 4 rings (SSSR count). The molecule has 2 heterocycles. The van der Waals surface area contributed by atoms with Crippen molar-refractivity contribution in [2.75, 3.05) is 11.4 Å². The number of nitrogens with zero attached hydrogens (tertiary/aromatic N) is 2. The van der Waals surface area contributed by atoms with E-state index in [2.05, 4.69) is 22.1 Å². The van der Waals surface area contributed by atoms with E-state index in [4.69, 9.17) is 0 Å². The van der Waals surface area contributed by atoms with Crippen molar-refractivity contribution in [3.8, 4) is 0 Å². The van der Waals surface area contributed by atoms with Crippen LogP contribution in [0.1, 0.15) is 38.9 Å². The number of amides is 1. The van der Waals surface area contributed by atoms with Crippen LogP contribution in [0.2, 0.25) is 0 Å². The third-order valence-corrected chi connectivity index (χ3v) is 4.96. The normalized spacial score (nSPS) is 15.8. The Kier molecular flexibility index (Phi) is 3.92. The lowest BCUT2D eigenvalue weighted by atomic mass is 9.93. The second-order valence-electron chi connectivity index (χ2n) is 6.56. The van der Waals surface area contributed by atoms with E-state index in [0.29, 0.717) is 17.9 Å². The number of nitrogens with one attached hydrogen (secondary N) is 1. The Morgan fingerprint density at radius 2 is 1.77 bits per heavy atom. The first-order valence-corrected chi connectivity index (χ1v) is 8.59. The summed E-state index contributed by atoms with van der Waals surface area (Å²) in [5.41, 5.74) is 3.90. The first-order chi connectivity index (χ1) is 12.6. The smallest absolute Gasteiger partial charge is 0.282 e. The van der Waals surface area contributed by atoms with Gasteiger partial charge in [-0.3, -0.25) is 9.59 Å². The van der Waals surface area contributed by atoms with Crippen molar-refractivity contribution in [3.05, 3.63) is 93.2 Å². The number of para-hydroxylation sites is 1. The van der Waals surface area contributed by atoms with Crippen molar-refractivity contribution in [2.45, 2.75) is 19.8 Å². The summed E-state index contributed by atoms with van der Waals surface area (Å²) in [7, 11) is 0. The Balaban J connectivity index is 1.78. The van der Waals surface area contributed by atoms with Crippen molar-refractivity contribution >= 4 is 11.6 Å². The van der Waals surface area contributed by atoms with Crippen LogP contribution in [0.25, 0.3) is 0 Å². The van der Waals surface area contributed by atoms with E-state index >= 15 is 0 Å². The quantitative estimate of drug-likeness (QED) is 0.776. The first kappa shape index (κ1) is 16.3. The molecule has 1 atom stereocenters. The minimum atomic E-state index is -0.446. The standard InChI is InChI=1S/C21H19N3O2/c1-13-14(2)23-20(25)19(22-13)21(26)24-12-17(15-8-4-3-5-9-15)16-10-6-7-11-18(16)24/h3-11,17H,12H2,1-2H3,(H,23,25)/t17-/m1/s1. The number of hydrogen-bond acceptors (Lipinski definition) is 3. The lowest BCUT2D eigenvalue weighted by Gasteiger charge is -2.17. The Hall–Kier alpha value is -3.21. The number of rotatable bonds is 2. The number of aryl methyl sites for hydroxylation is 2. The minimum absolute atomic E-state index is 0.0587. The predicted molar refractivity (Wildman–Crippen MR) is 101 cm³/mol. The van der Waals surface area contributed by atoms with E-state index in [1.54, 1.807) is 18.7 Å². The highest BCUT2D eigenvalue weighted by Gasteiger charge is 2.34. The zero-order valence-electron chi connectivity index (χ0n) is 14.7. The molecule has 0 fully saturated rings. The number of aromatic nitrogens is 2. The van der Waals surface area contributed by atoms with Gasteiger partial charge in [-0.1, -0.05) is 48.5 Å². The van der Waals surface area contributed by atoms with Gasteiger partial charge in [0.05, 0.1) is 5.69 Å². The SMILES string of the molecule is Cc1nc(C(=O)N2C[C@H](c3ccccc3)c3ccccc32)c(=O)[nH]c1C. The molecule has 0 unspecified atom stereocenters. The summed E-state index contributed by atoms with van der Waals surface area (Å²) in [6.45, 7) is 4.05. The van der Waals surface area contributed by atoms with Gasteiger partial charge in [-0.15, -0.1) is 0 Å². The Bertz CT molecular complexity index is 1040. The monoisotopic (exact) mass is 345 g/mol. The van der Waals surface area contributed by atoms with Crippen LogP contribution < -0.4 is 10.5 Å². The molecule has 0 radical (unpaired) electrons. The molecular formula is C21H19N3O2. The molecule has 0 bridgehead atoms. The molecule has 5 heteroatoms. The molecule has 2 aromatic carbocycles. The highest BCUT2D eigenvalue weighted by molar-refractivity contribution is 6.06. The summed E-state index contributed by atoms with van der Waals surface area (Å²) < 4.78 is 0. The molecule has 26 heavy (non-hydrogen) atoms. The fraction of sp³-hybridized carbons (Fsp3) is 0.190. The van der Waals surface area contributed by atoms with E-state index < -0.39 is 5.56 Å². The molecule has 0 saturated carbocycles. The zero-order valence-corrected chi connectivity index (χ0v) is 14.7. The molecule has 1 N–H and O–H groups in total. The van der Waals surface area contributed by atoms with E-state index in [1.165, 1.54) is 0 Å². The van der Waals surface area contributed by atoms with Gasteiger partial charge in [0, 0.05) is 23.8 Å². The van der Waals surface area contributed by atoms with Gasteiger partial charge >= 0.3 is 0 Å². The number of carbonyl (C=O) groups is 1. The maximum absolute atomic E-state index is 13.1. The zero-order chi connectivity index (χ0) is 18.3. The molecule has 1 amide bonds. The number of hydrogen-bond donors (Lipinski definition) is 1. The molecule has 130 valence electrons. The topological polar surface area (TPSA) is 66.1 Å². The van der Waals surface area contributed by atoms with Gasteiger partial charge in [-0.05, 0) is 31.0 Å². The van der Waals surface area contributed by atoms with Crippen molar-refractivity contribution in [2.24, 2.45) is 0 Å². The van der Waals surface area contributed by atoms with E-state index in [9.17, 15) is 9.59 Å². The Morgan fingerprint density at radius 3 is 2.54 bits per heavy atom. The van der Waals surface area contributed by atoms with Gasteiger partial charge in [-0.2, -0.15) is 0 Å². The summed E-state index contributed by atoms with van der Waals surface area (Å²) in [6.07, 6.45) is 0. The van der Waals surface area contributed by atoms with Gasteiger partial charge in [0.2, 0.25) is 0 Å². The van der Waals surface area contributed by atoms with Crippen LogP contribution in [0.15, 0.2) is 59.4 Å². The second-order valence-corrected chi connectivity index (χ2v) is 6.56. The van der Waals surface area contributed by atoms with Crippen LogP contribution >= 0.6 is 0 Å². The highest BCUT2D eigenvalue weighted by atomic mass is 16.2. The largest absolute Gasteiger partial charge is 0.323 e. The third kappa shape index (κ3) is 2.62. The molecule has 5 nitrogen and oxygen atoms in total. The molecule has 0 saturated heterocycles. The summed E-state index contributed by atoms with van der Waals surface area (Å²) in [6, 6.07) is 18.0. The number of fused-ring (bicyclic) bond motifs is 1. The fourth-order valence-electron chi connectivity index (χ4n) is 3.46.